The fourth-order valence-electron chi connectivity index (χ4n) is 2.72. The molecule has 2 fully saturated rings. The Bertz CT molecular complexity index is 474. The van der Waals surface area contributed by atoms with E-state index in [0.29, 0.717) is 19.0 Å². The first-order valence-electron chi connectivity index (χ1n) is 6.99. The molecule has 1 unspecified atom stereocenters. The summed E-state index contributed by atoms with van der Waals surface area (Å²) >= 11 is 0. The summed E-state index contributed by atoms with van der Waals surface area (Å²) in [4.78, 5) is 24.2. The second-order valence-electron chi connectivity index (χ2n) is 5.19. The Morgan fingerprint density at radius 3 is 2.65 bits per heavy atom. The Labute approximate surface area is 117 Å². The van der Waals surface area contributed by atoms with Gasteiger partial charge >= 0.3 is 0 Å². The average molecular weight is 279 g/mol. The molecule has 3 rings (SSSR count). The van der Waals surface area contributed by atoms with Crippen molar-refractivity contribution in [3.8, 4) is 0 Å². The Kier molecular flexibility index (Phi) is 3.77. The predicted molar refractivity (Wildman–Crippen MR) is 71.8 cm³/mol. The Morgan fingerprint density at radius 2 is 1.95 bits per heavy atom. The van der Waals surface area contributed by atoms with Gasteiger partial charge in [0.15, 0.2) is 5.82 Å². The maximum absolute atomic E-state index is 12.8. The second kappa shape index (κ2) is 5.70. The monoisotopic (exact) mass is 279 g/mol. The van der Waals surface area contributed by atoms with Gasteiger partial charge in [-0.2, -0.15) is 0 Å². The van der Waals surface area contributed by atoms with E-state index in [-0.39, 0.29) is 11.9 Å². The lowest BCUT2D eigenvalue weighted by Gasteiger charge is -2.34. The molecule has 108 valence electrons. The predicted octanol–water partition coefficient (Wildman–Crippen LogP) is 0.0163. The molecule has 6 nitrogen and oxygen atoms in total. The number of amides is 1. The van der Waals surface area contributed by atoms with Crippen LogP contribution in [0.2, 0.25) is 0 Å². The first kappa shape index (κ1) is 13.2. The lowest BCUT2D eigenvalue weighted by Crippen LogP contribution is -2.58. The van der Waals surface area contributed by atoms with Gasteiger partial charge in [-0.3, -0.25) is 4.79 Å². The van der Waals surface area contributed by atoms with Crippen molar-refractivity contribution in [2.75, 3.05) is 37.6 Å². The number of carbonyl (C=O) groups excluding carboxylic acids is 1. The van der Waals surface area contributed by atoms with E-state index in [1.54, 1.807) is 0 Å². The molecule has 20 heavy (non-hydrogen) atoms. The topological polar surface area (TPSA) is 61.4 Å². The molecule has 1 aromatic rings. The van der Waals surface area contributed by atoms with Crippen LogP contribution >= 0.6 is 0 Å². The molecule has 2 aliphatic heterocycles. The minimum absolute atomic E-state index is 0.148. The molecule has 7 heteroatoms. The Hall–Kier alpha value is -1.76. The number of aromatic nitrogens is 2. The highest BCUT2D eigenvalue weighted by molar-refractivity contribution is 5.83. The van der Waals surface area contributed by atoms with Gasteiger partial charge in [-0.25, -0.2) is 14.4 Å². The van der Waals surface area contributed by atoms with E-state index in [1.807, 2.05) is 9.80 Å². The lowest BCUT2D eigenvalue weighted by atomic mass is 10.2. The van der Waals surface area contributed by atoms with Gasteiger partial charge in [0.1, 0.15) is 6.04 Å². The number of anilines is 1. The van der Waals surface area contributed by atoms with Crippen LogP contribution in [0.3, 0.4) is 0 Å². The number of likely N-dealkylation sites (tertiary alicyclic amines) is 1. The van der Waals surface area contributed by atoms with E-state index in [9.17, 15) is 9.18 Å². The number of hydrogen-bond acceptors (Lipinski definition) is 5. The normalized spacial score (nSPS) is 23.1. The quantitative estimate of drug-likeness (QED) is 0.827. The fraction of sp³-hybridized carbons (Fsp3) is 0.615. The summed E-state index contributed by atoms with van der Waals surface area (Å²) in [6.07, 6.45) is 4.48. The van der Waals surface area contributed by atoms with Crippen LogP contribution in [-0.4, -0.2) is 59.5 Å². The van der Waals surface area contributed by atoms with Crippen molar-refractivity contribution in [3.63, 3.8) is 0 Å². The third kappa shape index (κ3) is 2.72. The van der Waals surface area contributed by atoms with Gasteiger partial charge in [0.25, 0.3) is 0 Å². The molecule has 2 saturated heterocycles. The van der Waals surface area contributed by atoms with Crippen LogP contribution < -0.4 is 10.2 Å². The summed E-state index contributed by atoms with van der Waals surface area (Å²) in [7, 11) is 0. The number of piperazine rings is 1. The van der Waals surface area contributed by atoms with Crippen molar-refractivity contribution in [2.24, 2.45) is 0 Å². The molecule has 0 bridgehead atoms. The van der Waals surface area contributed by atoms with E-state index >= 15 is 0 Å². The standard InChI is InChI=1S/C13H18FN5O/c14-10-7-16-13(17-8-10)19-6-3-15-11(9-19)12(20)18-4-1-2-5-18/h7-8,11,15H,1-6,9H2. The maximum atomic E-state index is 12.8. The minimum Gasteiger partial charge on any atom is -0.341 e. The number of hydrogen-bond donors (Lipinski definition) is 1. The minimum atomic E-state index is -0.450. The van der Waals surface area contributed by atoms with Gasteiger partial charge in [-0.05, 0) is 12.8 Å². The number of carbonyl (C=O) groups is 1. The Morgan fingerprint density at radius 1 is 1.25 bits per heavy atom. The number of nitrogens with one attached hydrogen (secondary N) is 1. The first-order valence-corrected chi connectivity index (χ1v) is 6.99. The van der Waals surface area contributed by atoms with Crippen molar-refractivity contribution in [1.29, 1.82) is 0 Å². The third-order valence-electron chi connectivity index (χ3n) is 3.78. The molecule has 0 spiro atoms. The Balaban J connectivity index is 1.66. The van der Waals surface area contributed by atoms with Crippen molar-refractivity contribution >= 4 is 11.9 Å². The van der Waals surface area contributed by atoms with Gasteiger partial charge in [0, 0.05) is 32.7 Å². The van der Waals surface area contributed by atoms with Crippen LogP contribution in [0, 0.1) is 5.82 Å². The van der Waals surface area contributed by atoms with Crippen LogP contribution in [0.5, 0.6) is 0 Å². The van der Waals surface area contributed by atoms with Crippen LogP contribution in [0.25, 0.3) is 0 Å². The highest BCUT2D eigenvalue weighted by Crippen LogP contribution is 2.14. The van der Waals surface area contributed by atoms with Crippen molar-refractivity contribution in [1.82, 2.24) is 20.2 Å². The first-order chi connectivity index (χ1) is 9.74. The number of rotatable bonds is 2. The molecule has 0 aromatic carbocycles. The summed E-state index contributed by atoms with van der Waals surface area (Å²) in [6.45, 7) is 3.65. The van der Waals surface area contributed by atoms with Gasteiger partial charge < -0.3 is 15.1 Å². The summed E-state index contributed by atoms with van der Waals surface area (Å²) in [6, 6.07) is -0.226. The summed E-state index contributed by atoms with van der Waals surface area (Å²) in [5, 5.41) is 3.24. The second-order valence-corrected chi connectivity index (χ2v) is 5.19. The highest BCUT2D eigenvalue weighted by Gasteiger charge is 2.31. The summed E-state index contributed by atoms with van der Waals surface area (Å²) in [5.41, 5.74) is 0. The zero-order valence-corrected chi connectivity index (χ0v) is 11.3. The van der Waals surface area contributed by atoms with Gasteiger partial charge in [-0.1, -0.05) is 0 Å². The molecule has 1 N–H and O–H groups in total. The van der Waals surface area contributed by atoms with Gasteiger partial charge in [0.05, 0.1) is 12.4 Å². The summed E-state index contributed by atoms with van der Waals surface area (Å²) in [5.74, 6) is 0.176. The third-order valence-corrected chi connectivity index (χ3v) is 3.78. The largest absolute Gasteiger partial charge is 0.341 e. The summed E-state index contributed by atoms with van der Waals surface area (Å²) < 4.78 is 12.8. The maximum Gasteiger partial charge on any atom is 0.241 e. The highest BCUT2D eigenvalue weighted by atomic mass is 19.1. The molecule has 0 aliphatic carbocycles. The molecular formula is C13H18FN5O. The van der Waals surface area contributed by atoms with Crippen molar-refractivity contribution in [2.45, 2.75) is 18.9 Å². The van der Waals surface area contributed by atoms with E-state index in [0.717, 1.165) is 44.9 Å². The molecule has 0 radical (unpaired) electrons. The van der Waals surface area contributed by atoms with Crippen LogP contribution in [0.1, 0.15) is 12.8 Å². The molecule has 2 aliphatic rings. The fourth-order valence-corrected chi connectivity index (χ4v) is 2.72. The zero-order valence-electron chi connectivity index (χ0n) is 11.3. The van der Waals surface area contributed by atoms with Crippen LogP contribution in [0.4, 0.5) is 10.3 Å². The zero-order chi connectivity index (χ0) is 13.9. The van der Waals surface area contributed by atoms with E-state index in [4.69, 9.17) is 0 Å². The van der Waals surface area contributed by atoms with E-state index in [2.05, 4.69) is 15.3 Å². The average Bonchev–Trinajstić information content (AvgIpc) is 3.01. The van der Waals surface area contributed by atoms with Crippen molar-refractivity contribution < 1.29 is 9.18 Å². The molecule has 1 amide bonds. The lowest BCUT2D eigenvalue weighted by molar-refractivity contribution is -0.132. The van der Waals surface area contributed by atoms with Gasteiger partial charge in [-0.15, -0.1) is 0 Å². The number of halogens is 1. The van der Waals surface area contributed by atoms with Crippen molar-refractivity contribution in [3.05, 3.63) is 18.2 Å². The van der Waals surface area contributed by atoms with E-state index in [1.165, 1.54) is 0 Å². The molecule has 1 aromatic heterocycles. The molecule has 0 saturated carbocycles. The van der Waals surface area contributed by atoms with E-state index < -0.39 is 5.82 Å². The van der Waals surface area contributed by atoms with Gasteiger partial charge in [0.2, 0.25) is 11.9 Å². The molecule has 1 atom stereocenters. The van der Waals surface area contributed by atoms with Crippen LogP contribution in [0.15, 0.2) is 12.4 Å². The number of nitrogens with zero attached hydrogens (tertiary/aromatic N) is 4. The molecule has 3 heterocycles. The SMILES string of the molecule is O=C(C1CN(c2ncc(F)cn2)CCN1)N1CCCC1. The van der Waals surface area contributed by atoms with Crippen LogP contribution in [-0.2, 0) is 4.79 Å². The molecular weight excluding hydrogens is 261 g/mol. The smallest absolute Gasteiger partial charge is 0.241 e.